The molecule has 0 amide bonds. The highest BCUT2D eigenvalue weighted by Crippen LogP contribution is 2.25. The number of carbonyl (C=O) groups is 1. The van der Waals surface area contributed by atoms with E-state index in [4.69, 9.17) is 9.47 Å². The quantitative estimate of drug-likeness (QED) is 0.726. The van der Waals surface area contributed by atoms with E-state index in [1.54, 1.807) is 7.11 Å². The molecule has 0 aromatic heterocycles. The van der Waals surface area contributed by atoms with Gasteiger partial charge in [0.05, 0.1) is 6.61 Å². The normalized spacial score (nSPS) is 14.4. The van der Waals surface area contributed by atoms with Crippen molar-refractivity contribution in [3.63, 3.8) is 0 Å². The Morgan fingerprint density at radius 1 is 1.17 bits per heavy atom. The number of ether oxygens (including phenoxy) is 2. The summed E-state index contributed by atoms with van der Waals surface area (Å²) in [6.45, 7) is 1.48. The summed E-state index contributed by atoms with van der Waals surface area (Å²) in [6.07, 6.45) is 4.64. The molecule has 1 aliphatic rings. The van der Waals surface area contributed by atoms with Crippen LogP contribution in [0.2, 0.25) is 0 Å². The van der Waals surface area contributed by atoms with E-state index >= 15 is 0 Å². The van der Waals surface area contributed by atoms with Gasteiger partial charge in [-0.25, -0.2) is 0 Å². The van der Waals surface area contributed by atoms with Crippen LogP contribution in [-0.4, -0.2) is 26.1 Å². The summed E-state index contributed by atoms with van der Waals surface area (Å²) in [4.78, 5) is 11.7. The number of aryl methyl sites for hydroxylation is 1. The monoisotopic (exact) mass is 248 g/mol. The van der Waals surface area contributed by atoms with E-state index in [0.717, 1.165) is 49.2 Å². The molecule has 18 heavy (non-hydrogen) atoms. The van der Waals surface area contributed by atoms with Gasteiger partial charge < -0.3 is 9.47 Å². The van der Waals surface area contributed by atoms with Gasteiger partial charge in [-0.05, 0) is 49.4 Å². The third kappa shape index (κ3) is 3.33. The molecule has 3 heteroatoms. The van der Waals surface area contributed by atoms with Crippen molar-refractivity contribution in [1.29, 1.82) is 0 Å². The molecule has 0 spiro atoms. The van der Waals surface area contributed by atoms with Crippen molar-refractivity contribution in [2.45, 2.75) is 32.1 Å². The number of methoxy groups -OCH3 is 1. The Morgan fingerprint density at radius 2 is 2.00 bits per heavy atom. The van der Waals surface area contributed by atoms with Crippen LogP contribution in [0.25, 0.3) is 0 Å². The van der Waals surface area contributed by atoms with Crippen LogP contribution in [0, 0.1) is 0 Å². The van der Waals surface area contributed by atoms with Gasteiger partial charge in [-0.15, -0.1) is 0 Å². The van der Waals surface area contributed by atoms with Crippen LogP contribution in [-0.2, 0) is 11.2 Å². The van der Waals surface area contributed by atoms with Crippen LogP contribution < -0.4 is 4.74 Å². The van der Waals surface area contributed by atoms with Gasteiger partial charge in [-0.1, -0.05) is 0 Å². The second-order valence-electron chi connectivity index (χ2n) is 4.64. The lowest BCUT2D eigenvalue weighted by Crippen LogP contribution is -2.11. The molecule has 0 N–H and O–H groups in total. The van der Waals surface area contributed by atoms with E-state index in [1.165, 1.54) is 0 Å². The first-order valence-corrected chi connectivity index (χ1v) is 6.59. The molecule has 0 bridgehead atoms. The van der Waals surface area contributed by atoms with Crippen LogP contribution in [0.1, 0.15) is 41.6 Å². The molecule has 0 saturated heterocycles. The maximum Gasteiger partial charge on any atom is 0.163 e. The number of hydrogen-bond donors (Lipinski definition) is 0. The molecule has 0 fully saturated rings. The summed E-state index contributed by atoms with van der Waals surface area (Å²) in [6, 6.07) is 5.82. The van der Waals surface area contributed by atoms with Crippen molar-refractivity contribution in [1.82, 2.24) is 0 Å². The minimum atomic E-state index is 0.267. The molecule has 3 nitrogen and oxygen atoms in total. The second kappa shape index (κ2) is 6.55. The molecular formula is C15H20O3. The standard InChI is InChI=1S/C15H20O3/c1-17-9-2-3-10-18-13-7-8-14-12(11-13)5-4-6-15(14)16/h7-8,11H,2-6,9-10H2,1H3. The highest BCUT2D eigenvalue weighted by Gasteiger charge is 2.17. The number of carbonyl (C=O) groups excluding carboxylic acids is 1. The molecular weight excluding hydrogens is 228 g/mol. The maximum atomic E-state index is 11.7. The van der Waals surface area contributed by atoms with Crippen molar-refractivity contribution in [3.05, 3.63) is 29.3 Å². The lowest BCUT2D eigenvalue weighted by Gasteiger charge is -2.15. The Morgan fingerprint density at radius 3 is 2.83 bits per heavy atom. The number of hydrogen-bond acceptors (Lipinski definition) is 3. The van der Waals surface area contributed by atoms with Crippen molar-refractivity contribution >= 4 is 5.78 Å². The number of unbranched alkanes of at least 4 members (excludes halogenated alkanes) is 1. The number of rotatable bonds is 6. The van der Waals surface area contributed by atoms with Crippen molar-refractivity contribution in [2.75, 3.05) is 20.3 Å². The third-order valence-electron chi connectivity index (χ3n) is 3.24. The molecule has 0 aliphatic heterocycles. The molecule has 1 aromatic rings. The zero-order valence-electron chi connectivity index (χ0n) is 10.9. The van der Waals surface area contributed by atoms with Gasteiger partial charge in [0.15, 0.2) is 5.78 Å². The predicted molar refractivity (Wildman–Crippen MR) is 70.3 cm³/mol. The van der Waals surface area contributed by atoms with Crippen LogP contribution in [0.3, 0.4) is 0 Å². The van der Waals surface area contributed by atoms with Gasteiger partial charge in [-0.2, -0.15) is 0 Å². The van der Waals surface area contributed by atoms with Crippen molar-refractivity contribution in [2.24, 2.45) is 0 Å². The molecule has 0 radical (unpaired) electrons. The predicted octanol–water partition coefficient (Wildman–Crippen LogP) is 3.01. The van der Waals surface area contributed by atoms with Gasteiger partial charge in [0.25, 0.3) is 0 Å². The molecule has 1 aromatic carbocycles. The highest BCUT2D eigenvalue weighted by atomic mass is 16.5. The Labute approximate surface area is 108 Å². The van der Waals surface area contributed by atoms with Gasteiger partial charge in [0.1, 0.15) is 5.75 Å². The SMILES string of the molecule is COCCCCOc1ccc2c(c1)CCCC2=O. The van der Waals surface area contributed by atoms with Crippen molar-refractivity contribution < 1.29 is 14.3 Å². The minimum absolute atomic E-state index is 0.267. The first-order chi connectivity index (χ1) is 8.81. The average molecular weight is 248 g/mol. The molecule has 0 heterocycles. The summed E-state index contributed by atoms with van der Waals surface area (Å²) < 4.78 is 10.7. The summed E-state index contributed by atoms with van der Waals surface area (Å²) in [5, 5.41) is 0. The lowest BCUT2D eigenvalue weighted by molar-refractivity contribution is 0.0972. The molecule has 0 atom stereocenters. The molecule has 98 valence electrons. The maximum absolute atomic E-state index is 11.7. The average Bonchev–Trinajstić information content (AvgIpc) is 2.39. The molecule has 0 saturated carbocycles. The Hall–Kier alpha value is -1.35. The Bertz CT molecular complexity index is 412. The van der Waals surface area contributed by atoms with E-state index < -0.39 is 0 Å². The summed E-state index contributed by atoms with van der Waals surface area (Å²) in [7, 11) is 1.71. The molecule has 2 rings (SSSR count). The first kappa shape index (κ1) is 13.1. The van der Waals surface area contributed by atoms with Crippen LogP contribution in [0.4, 0.5) is 0 Å². The largest absolute Gasteiger partial charge is 0.494 e. The van der Waals surface area contributed by atoms with Crippen LogP contribution in [0.15, 0.2) is 18.2 Å². The van der Waals surface area contributed by atoms with E-state index in [0.29, 0.717) is 13.0 Å². The fourth-order valence-corrected chi connectivity index (χ4v) is 2.25. The van der Waals surface area contributed by atoms with Gasteiger partial charge in [0.2, 0.25) is 0 Å². The third-order valence-corrected chi connectivity index (χ3v) is 3.24. The fraction of sp³-hybridized carbons (Fsp3) is 0.533. The van der Waals surface area contributed by atoms with E-state index in [-0.39, 0.29) is 5.78 Å². The zero-order valence-corrected chi connectivity index (χ0v) is 10.9. The Kier molecular flexibility index (Phi) is 4.76. The second-order valence-corrected chi connectivity index (χ2v) is 4.64. The summed E-state index contributed by atoms with van der Waals surface area (Å²) >= 11 is 0. The fourth-order valence-electron chi connectivity index (χ4n) is 2.25. The van der Waals surface area contributed by atoms with Gasteiger partial charge >= 0.3 is 0 Å². The van der Waals surface area contributed by atoms with Crippen LogP contribution in [0.5, 0.6) is 5.75 Å². The number of fused-ring (bicyclic) bond motifs is 1. The smallest absolute Gasteiger partial charge is 0.163 e. The van der Waals surface area contributed by atoms with Gasteiger partial charge in [-0.3, -0.25) is 4.79 Å². The van der Waals surface area contributed by atoms with Crippen LogP contribution >= 0.6 is 0 Å². The first-order valence-electron chi connectivity index (χ1n) is 6.59. The van der Waals surface area contributed by atoms with Gasteiger partial charge in [0, 0.05) is 25.7 Å². The topological polar surface area (TPSA) is 35.5 Å². The lowest BCUT2D eigenvalue weighted by atomic mass is 9.90. The number of benzene rings is 1. The van der Waals surface area contributed by atoms with E-state index in [2.05, 4.69) is 0 Å². The summed E-state index contributed by atoms with van der Waals surface area (Å²) in [5.41, 5.74) is 2.02. The van der Waals surface area contributed by atoms with E-state index in [9.17, 15) is 4.79 Å². The minimum Gasteiger partial charge on any atom is -0.494 e. The Balaban J connectivity index is 1.88. The number of ketones is 1. The molecule has 1 aliphatic carbocycles. The highest BCUT2D eigenvalue weighted by molar-refractivity contribution is 5.98. The molecule has 0 unspecified atom stereocenters. The van der Waals surface area contributed by atoms with Crippen molar-refractivity contribution in [3.8, 4) is 5.75 Å². The number of Topliss-reactive ketones (excluding diaryl/α,β-unsaturated/α-hetero) is 1. The van der Waals surface area contributed by atoms with E-state index in [1.807, 2.05) is 18.2 Å². The zero-order chi connectivity index (χ0) is 12.8. The summed E-state index contributed by atoms with van der Waals surface area (Å²) in [5.74, 6) is 1.14.